The summed E-state index contributed by atoms with van der Waals surface area (Å²) in [6.45, 7) is -2.53. The van der Waals surface area contributed by atoms with Crippen molar-refractivity contribution in [2.24, 2.45) is 5.73 Å². The number of benzene rings is 2. The number of Topliss-reactive ketones (excluding diaryl/α,β-unsaturated/α-hetero) is 1. The molecule has 8 nitrogen and oxygen atoms in total. The molecule has 2 aromatic carbocycles. The van der Waals surface area contributed by atoms with Gasteiger partial charge in [-0.3, -0.25) is 24.0 Å². The highest BCUT2D eigenvalue weighted by atomic mass is 19.4. The van der Waals surface area contributed by atoms with E-state index in [9.17, 15) is 49.5 Å². The van der Waals surface area contributed by atoms with E-state index in [0.29, 0.717) is 16.3 Å². The fourth-order valence-electron chi connectivity index (χ4n) is 5.31. The van der Waals surface area contributed by atoms with Gasteiger partial charge in [-0.15, -0.1) is 0 Å². The average molecular weight is 668 g/mol. The number of primary amides is 1. The van der Waals surface area contributed by atoms with Crippen LogP contribution in [0.3, 0.4) is 0 Å². The fraction of sp³-hybridized carbons (Fsp3) is 0.258. The molecule has 4 aromatic rings. The summed E-state index contributed by atoms with van der Waals surface area (Å²) in [5.74, 6) is -5.15. The van der Waals surface area contributed by atoms with Gasteiger partial charge in [0.15, 0.2) is 11.5 Å². The van der Waals surface area contributed by atoms with Gasteiger partial charge in [-0.25, -0.2) is 22.0 Å². The number of pyridine rings is 1. The molecule has 0 saturated heterocycles. The van der Waals surface area contributed by atoms with Gasteiger partial charge in [-0.05, 0) is 60.7 Å². The van der Waals surface area contributed by atoms with Crippen LogP contribution in [0.5, 0.6) is 0 Å². The third-order valence-electron chi connectivity index (χ3n) is 7.12. The van der Waals surface area contributed by atoms with Crippen molar-refractivity contribution in [3.63, 3.8) is 0 Å². The molecule has 0 saturated carbocycles. The molecule has 0 aliphatic heterocycles. The summed E-state index contributed by atoms with van der Waals surface area (Å²) < 4.78 is 103. The second-order valence-electron chi connectivity index (χ2n) is 10.3. The van der Waals surface area contributed by atoms with Gasteiger partial charge in [0.1, 0.15) is 29.7 Å². The molecule has 0 radical (unpaired) electrons. The Balaban J connectivity index is 0.00000160. The van der Waals surface area contributed by atoms with Gasteiger partial charge in [0, 0.05) is 29.8 Å². The summed E-state index contributed by atoms with van der Waals surface area (Å²) in [5.41, 5.74) is 3.85. The van der Waals surface area contributed by atoms with Gasteiger partial charge in [0.05, 0.1) is 17.3 Å². The molecular formula is C31H25F8N5O3. The minimum Gasteiger partial charge on any atom is -0.366 e. The van der Waals surface area contributed by atoms with E-state index in [-0.39, 0.29) is 53.8 Å². The first kappa shape index (κ1) is 34.7. The van der Waals surface area contributed by atoms with Crippen molar-refractivity contribution in [3.8, 4) is 11.1 Å². The second-order valence-corrected chi connectivity index (χ2v) is 10.3. The highest BCUT2D eigenvalue weighted by Gasteiger charge is 2.41. The topological polar surface area (TPSA) is 120 Å². The third-order valence-corrected chi connectivity index (χ3v) is 7.12. The zero-order chi connectivity index (χ0) is 34.5. The normalized spacial score (nSPS) is 13.3. The third kappa shape index (κ3) is 8.17. The van der Waals surface area contributed by atoms with Crippen LogP contribution < -0.4 is 11.1 Å². The summed E-state index contributed by atoms with van der Waals surface area (Å²) in [6.07, 6.45) is -3.56. The number of fused-ring (bicyclic) bond motifs is 1. The summed E-state index contributed by atoms with van der Waals surface area (Å²) in [6, 6.07) is 8.17. The van der Waals surface area contributed by atoms with Gasteiger partial charge < -0.3 is 11.1 Å². The van der Waals surface area contributed by atoms with E-state index in [0.717, 1.165) is 18.2 Å². The molecule has 2 amide bonds. The zero-order valence-electron chi connectivity index (χ0n) is 24.2. The molecule has 3 N–H and O–H groups in total. The zero-order valence-corrected chi connectivity index (χ0v) is 24.2. The van der Waals surface area contributed by atoms with Gasteiger partial charge in [0.25, 0.3) is 5.91 Å². The first-order valence-corrected chi connectivity index (χ1v) is 13.8. The van der Waals surface area contributed by atoms with E-state index >= 15 is 0 Å². The Morgan fingerprint density at radius 1 is 1.00 bits per heavy atom. The maximum absolute atomic E-state index is 14.2. The maximum Gasteiger partial charge on any atom is 0.435 e. The lowest BCUT2D eigenvalue weighted by Gasteiger charge is -2.22. The van der Waals surface area contributed by atoms with Crippen molar-refractivity contribution in [2.45, 2.75) is 44.4 Å². The molecule has 1 aliphatic carbocycles. The first-order valence-electron chi connectivity index (χ1n) is 13.8. The lowest BCUT2D eigenvalue weighted by molar-refractivity contribution is -0.142. The van der Waals surface area contributed by atoms with Crippen molar-refractivity contribution < 1.29 is 49.5 Å². The number of alkyl halides is 5. The molecule has 0 spiro atoms. The predicted molar refractivity (Wildman–Crippen MR) is 151 cm³/mol. The number of ketones is 1. The molecule has 1 aliphatic rings. The number of hydrogen-bond donors (Lipinski definition) is 2. The van der Waals surface area contributed by atoms with Crippen molar-refractivity contribution in [1.82, 2.24) is 20.1 Å². The Bertz CT molecular complexity index is 1790. The molecule has 1 atom stereocenters. The van der Waals surface area contributed by atoms with Crippen LogP contribution in [-0.2, 0) is 30.4 Å². The van der Waals surface area contributed by atoms with Crippen LogP contribution in [0.4, 0.5) is 35.1 Å². The lowest BCUT2D eigenvalue weighted by atomic mass is 9.94. The van der Waals surface area contributed by atoms with Gasteiger partial charge >= 0.3 is 6.18 Å². The number of carbonyl (C=O) groups is 3. The molecule has 2 heterocycles. The minimum atomic E-state index is -4.85. The number of aromatic nitrogens is 3. The van der Waals surface area contributed by atoms with Crippen molar-refractivity contribution in [2.75, 3.05) is 6.93 Å². The predicted octanol–water partition coefficient (Wildman–Crippen LogP) is 5.98. The van der Waals surface area contributed by atoms with Crippen LogP contribution >= 0.6 is 0 Å². The van der Waals surface area contributed by atoms with Gasteiger partial charge in [-0.1, -0.05) is 12.1 Å². The van der Waals surface area contributed by atoms with E-state index in [2.05, 4.69) is 15.4 Å². The number of rotatable bonds is 8. The highest BCUT2D eigenvalue weighted by molar-refractivity contribution is 5.97. The lowest BCUT2D eigenvalue weighted by Crippen LogP contribution is -2.34. The standard InChI is InChI=1S/C30H23F6N5O3.CH2F2/c31-17-9-15(10-18(32)13-17)11-23(26-19(4-2-8-38-26)16-6-7-22(33)21(12-16)29(37)44)39-25(43)14-41-27-20(3-1-5-24(27)42)28(40-41)30(34,35)36;2-1-3/h2,4,6-10,12-13,23H,1,3,5,11,14H2,(H2,37,44)(H,39,43);1H2. The smallest absolute Gasteiger partial charge is 0.366 e. The molecule has 47 heavy (non-hydrogen) atoms. The number of hydrogen-bond acceptors (Lipinski definition) is 5. The van der Waals surface area contributed by atoms with Crippen LogP contribution in [-0.4, -0.2) is 39.3 Å². The first-order chi connectivity index (χ1) is 22.2. The monoisotopic (exact) mass is 667 g/mol. The number of carbonyl (C=O) groups excluding carboxylic acids is 3. The van der Waals surface area contributed by atoms with E-state index < -0.39 is 72.0 Å². The Morgan fingerprint density at radius 3 is 2.32 bits per heavy atom. The van der Waals surface area contributed by atoms with E-state index in [1.165, 1.54) is 24.4 Å². The van der Waals surface area contributed by atoms with Crippen LogP contribution in [0, 0.1) is 17.5 Å². The number of amides is 2. The Morgan fingerprint density at radius 2 is 1.68 bits per heavy atom. The SMILES string of the molecule is FCF.NC(=O)c1cc(-c2cccnc2C(Cc2cc(F)cc(F)c2)NC(=O)Cn2nc(C(F)(F)F)c3c2C(=O)CCC3)ccc1F. The van der Waals surface area contributed by atoms with Crippen molar-refractivity contribution in [3.05, 3.63) is 106 Å². The number of halogens is 8. The Hall–Kier alpha value is -5.15. The molecule has 5 rings (SSSR count). The molecule has 16 heteroatoms. The number of nitrogens with two attached hydrogens (primary N) is 1. The summed E-state index contributed by atoms with van der Waals surface area (Å²) in [5, 5.41) is 6.19. The largest absolute Gasteiger partial charge is 0.435 e. The van der Waals surface area contributed by atoms with Crippen molar-refractivity contribution >= 4 is 17.6 Å². The fourth-order valence-corrected chi connectivity index (χ4v) is 5.31. The molecule has 0 fully saturated rings. The van der Waals surface area contributed by atoms with Crippen LogP contribution in [0.25, 0.3) is 11.1 Å². The van der Waals surface area contributed by atoms with Crippen LogP contribution in [0.2, 0.25) is 0 Å². The number of nitrogens with zero attached hydrogens (tertiary/aromatic N) is 3. The van der Waals surface area contributed by atoms with Gasteiger partial charge in [-0.2, -0.15) is 18.3 Å². The second kappa shape index (κ2) is 14.5. The average Bonchev–Trinajstić information content (AvgIpc) is 3.37. The Kier molecular flexibility index (Phi) is 10.7. The van der Waals surface area contributed by atoms with Crippen molar-refractivity contribution in [1.29, 1.82) is 0 Å². The number of nitrogens with one attached hydrogen (secondary N) is 1. The van der Waals surface area contributed by atoms with E-state index in [1.54, 1.807) is 6.07 Å². The summed E-state index contributed by atoms with van der Waals surface area (Å²) >= 11 is 0. The van der Waals surface area contributed by atoms with Crippen LogP contribution in [0.15, 0.2) is 54.7 Å². The Labute approximate surface area is 261 Å². The molecule has 1 unspecified atom stereocenters. The summed E-state index contributed by atoms with van der Waals surface area (Å²) in [7, 11) is 0. The van der Waals surface area contributed by atoms with E-state index in [1.807, 2.05) is 0 Å². The molecular weight excluding hydrogens is 642 g/mol. The minimum absolute atomic E-state index is 0.00632. The quantitative estimate of drug-likeness (QED) is 0.224. The van der Waals surface area contributed by atoms with Crippen LogP contribution in [0.1, 0.15) is 62.2 Å². The molecule has 248 valence electrons. The van der Waals surface area contributed by atoms with Gasteiger partial charge in [0.2, 0.25) is 12.8 Å². The van der Waals surface area contributed by atoms with E-state index in [4.69, 9.17) is 5.73 Å². The molecule has 0 bridgehead atoms. The summed E-state index contributed by atoms with van der Waals surface area (Å²) in [4.78, 5) is 42.0. The highest BCUT2D eigenvalue weighted by Crippen LogP contribution is 2.36. The molecule has 2 aromatic heterocycles. The maximum atomic E-state index is 14.2.